The van der Waals surface area contributed by atoms with Crippen molar-refractivity contribution >= 4 is 21.6 Å². The molecule has 9 heteroatoms. The van der Waals surface area contributed by atoms with Crippen molar-refractivity contribution in [1.29, 1.82) is 0 Å². The van der Waals surface area contributed by atoms with E-state index in [0.29, 0.717) is 38.2 Å². The number of anilines is 1. The van der Waals surface area contributed by atoms with Gasteiger partial charge in [0.05, 0.1) is 10.5 Å². The van der Waals surface area contributed by atoms with Crippen LogP contribution in [-0.2, 0) is 20.2 Å². The molecule has 2 fully saturated rings. The van der Waals surface area contributed by atoms with Gasteiger partial charge < -0.3 is 15.0 Å². The monoisotopic (exact) mass is 489 g/mol. The van der Waals surface area contributed by atoms with Gasteiger partial charge in [0.15, 0.2) is 0 Å². The number of amides is 1. The van der Waals surface area contributed by atoms with Crippen LogP contribution >= 0.6 is 0 Å². The van der Waals surface area contributed by atoms with Crippen molar-refractivity contribution in [3.05, 3.63) is 59.4 Å². The summed E-state index contributed by atoms with van der Waals surface area (Å²) in [5.74, 6) is -0.646. The second-order valence-corrected chi connectivity index (χ2v) is 11.4. The first-order valence-electron chi connectivity index (χ1n) is 11.7. The maximum absolute atomic E-state index is 14.0. The van der Waals surface area contributed by atoms with Crippen LogP contribution in [0.2, 0.25) is 0 Å². The number of rotatable bonds is 7. The van der Waals surface area contributed by atoms with Crippen LogP contribution in [0.3, 0.4) is 0 Å². The zero-order valence-electron chi connectivity index (χ0n) is 19.7. The van der Waals surface area contributed by atoms with E-state index in [9.17, 15) is 17.6 Å². The SMILES string of the molecule is CN(C)S(=O)(=O)c1ccc(N2CCCC2)c(C(=O)NCC2(c3cccc(F)c3)CCOCC2)c1. The molecule has 1 amide bonds. The second-order valence-electron chi connectivity index (χ2n) is 9.25. The smallest absolute Gasteiger partial charge is 0.253 e. The maximum atomic E-state index is 14.0. The number of hydrogen-bond acceptors (Lipinski definition) is 5. The Morgan fingerprint density at radius 2 is 1.82 bits per heavy atom. The van der Waals surface area contributed by atoms with Crippen LogP contribution in [-0.4, -0.2) is 65.6 Å². The Morgan fingerprint density at radius 1 is 1.12 bits per heavy atom. The molecule has 0 aliphatic carbocycles. The first kappa shape index (κ1) is 24.6. The number of nitrogens with zero attached hydrogens (tertiary/aromatic N) is 2. The summed E-state index contributed by atoms with van der Waals surface area (Å²) in [5, 5.41) is 3.05. The third kappa shape index (κ3) is 4.96. The van der Waals surface area contributed by atoms with Crippen LogP contribution in [0.4, 0.5) is 10.1 Å². The Kier molecular flexibility index (Phi) is 7.25. The molecule has 2 heterocycles. The van der Waals surface area contributed by atoms with E-state index >= 15 is 0 Å². The van der Waals surface area contributed by atoms with Crippen molar-refractivity contribution in [1.82, 2.24) is 9.62 Å². The molecule has 0 bridgehead atoms. The first-order valence-corrected chi connectivity index (χ1v) is 13.1. The average Bonchev–Trinajstić information content (AvgIpc) is 3.37. The molecule has 0 aromatic heterocycles. The van der Waals surface area contributed by atoms with E-state index < -0.39 is 15.4 Å². The lowest BCUT2D eigenvalue weighted by atomic mass is 9.74. The van der Waals surface area contributed by atoms with Gasteiger partial charge in [-0.1, -0.05) is 12.1 Å². The van der Waals surface area contributed by atoms with Crippen LogP contribution in [0.5, 0.6) is 0 Å². The highest BCUT2D eigenvalue weighted by Crippen LogP contribution is 2.35. The van der Waals surface area contributed by atoms with Crippen LogP contribution in [0, 0.1) is 5.82 Å². The van der Waals surface area contributed by atoms with E-state index in [1.54, 1.807) is 18.2 Å². The Bertz CT molecular complexity index is 1140. The molecule has 1 N–H and O–H groups in total. The predicted octanol–water partition coefficient (Wildman–Crippen LogP) is 3.15. The number of carbonyl (C=O) groups excluding carboxylic acids is 1. The topological polar surface area (TPSA) is 79.0 Å². The number of ether oxygens (including phenoxy) is 1. The minimum absolute atomic E-state index is 0.0801. The Morgan fingerprint density at radius 3 is 2.47 bits per heavy atom. The summed E-state index contributed by atoms with van der Waals surface area (Å²) in [6.07, 6.45) is 3.37. The van der Waals surface area contributed by atoms with Crippen LogP contribution < -0.4 is 10.2 Å². The standard InChI is InChI=1S/C25H32FN3O4S/c1-28(2)34(31,32)21-8-9-23(29-12-3-4-13-29)22(17-21)24(30)27-18-25(10-14-33-15-11-25)19-6-5-7-20(26)16-19/h5-9,16-17H,3-4,10-15,18H2,1-2H3,(H,27,30). The molecule has 2 aliphatic heterocycles. The predicted molar refractivity (Wildman–Crippen MR) is 129 cm³/mol. The number of sulfonamides is 1. The van der Waals surface area contributed by atoms with Crippen LogP contribution in [0.15, 0.2) is 47.4 Å². The van der Waals surface area contributed by atoms with Gasteiger partial charge in [0.2, 0.25) is 10.0 Å². The van der Waals surface area contributed by atoms with Crippen molar-refractivity contribution in [3.8, 4) is 0 Å². The Balaban J connectivity index is 1.65. The lowest BCUT2D eigenvalue weighted by Crippen LogP contribution is -2.45. The number of halogens is 1. The first-order chi connectivity index (χ1) is 16.2. The van der Waals surface area contributed by atoms with Gasteiger partial charge in [-0.25, -0.2) is 17.1 Å². The lowest BCUT2D eigenvalue weighted by molar-refractivity contribution is 0.0486. The molecule has 2 aromatic carbocycles. The molecule has 0 radical (unpaired) electrons. The number of benzene rings is 2. The Labute approximate surface area is 200 Å². The third-order valence-electron chi connectivity index (χ3n) is 6.91. The normalized spacial score (nSPS) is 18.3. The fraction of sp³-hybridized carbons (Fsp3) is 0.480. The second kappa shape index (κ2) is 10.0. The molecule has 4 rings (SSSR count). The number of carbonyl (C=O) groups is 1. The van der Waals surface area contributed by atoms with E-state index in [1.807, 2.05) is 6.07 Å². The van der Waals surface area contributed by atoms with E-state index in [1.165, 1.54) is 32.3 Å². The number of hydrogen-bond donors (Lipinski definition) is 1. The molecule has 7 nitrogen and oxygen atoms in total. The summed E-state index contributed by atoms with van der Waals surface area (Å²) in [6, 6.07) is 11.3. The van der Waals surface area contributed by atoms with Crippen molar-refractivity contribution in [2.75, 3.05) is 51.8 Å². The van der Waals surface area contributed by atoms with Gasteiger partial charge in [-0.15, -0.1) is 0 Å². The third-order valence-corrected chi connectivity index (χ3v) is 8.72. The molecule has 184 valence electrons. The molecule has 34 heavy (non-hydrogen) atoms. The van der Waals surface area contributed by atoms with E-state index in [-0.39, 0.29) is 16.6 Å². The summed E-state index contributed by atoms with van der Waals surface area (Å²) < 4.78 is 46.2. The minimum atomic E-state index is -3.69. The average molecular weight is 490 g/mol. The molecular weight excluding hydrogens is 457 g/mol. The molecule has 2 aromatic rings. The van der Waals surface area contributed by atoms with Crippen molar-refractivity contribution in [2.45, 2.75) is 36.0 Å². The molecule has 2 saturated heterocycles. The van der Waals surface area contributed by atoms with Crippen LogP contribution in [0.25, 0.3) is 0 Å². The number of nitrogens with one attached hydrogen (secondary N) is 1. The highest BCUT2D eigenvalue weighted by Gasteiger charge is 2.36. The fourth-order valence-corrected chi connectivity index (χ4v) is 5.72. The zero-order valence-corrected chi connectivity index (χ0v) is 20.5. The summed E-state index contributed by atoms with van der Waals surface area (Å²) in [7, 11) is -0.753. The van der Waals surface area contributed by atoms with Crippen molar-refractivity contribution in [3.63, 3.8) is 0 Å². The zero-order chi connectivity index (χ0) is 24.3. The lowest BCUT2D eigenvalue weighted by Gasteiger charge is -2.38. The van der Waals surface area contributed by atoms with Crippen molar-refractivity contribution in [2.24, 2.45) is 0 Å². The fourth-order valence-electron chi connectivity index (χ4n) is 4.79. The highest BCUT2D eigenvalue weighted by molar-refractivity contribution is 7.89. The molecule has 0 saturated carbocycles. The van der Waals surface area contributed by atoms with Gasteiger partial charge in [0.25, 0.3) is 5.91 Å². The molecule has 0 spiro atoms. The minimum Gasteiger partial charge on any atom is -0.381 e. The Hall–Kier alpha value is -2.49. The summed E-state index contributed by atoms with van der Waals surface area (Å²) >= 11 is 0. The van der Waals surface area contributed by atoms with Gasteiger partial charge in [-0.3, -0.25) is 4.79 Å². The molecular formula is C25H32FN3O4S. The van der Waals surface area contributed by atoms with Gasteiger partial charge in [-0.05, 0) is 61.6 Å². The largest absolute Gasteiger partial charge is 0.381 e. The quantitative estimate of drug-likeness (QED) is 0.647. The molecule has 0 unspecified atom stereocenters. The molecule has 2 aliphatic rings. The van der Waals surface area contributed by atoms with E-state index in [2.05, 4.69) is 10.2 Å². The van der Waals surface area contributed by atoms with Gasteiger partial charge in [0, 0.05) is 58.0 Å². The molecule has 0 atom stereocenters. The van der Waals surface area contributed by atoms with Gasteiger partial charge >= 0.3 is 0 Å². The summed E-state index contributed by atoms with van der Waals surface area (Å²) in [4.78, 5) is 15.7. The van der Waals surface area contributed by atoms with Gasteiger partial charge in [0.1, 0.15) is 5.82 Å². The summed E-state index contributed by atoms with van der Waals surface area (Å²) in [5.41, 5.74) is 1.46. The maximum Gasteiger partial charge on any atom is 0.253 e. The van der Waals surface area contributed by atoms with Crippen LogP contribution in [0.1, 0.15) is 41.6 Å². The van der Waals surface area contributed by atoms with Gasteiger partial charge in [-0.2, -0.15) is 0 Å². The van der Waals surface area contributed by atoms with Crippen molar-refractivity contribution < 1.29 is 22.3 Å². The van der Waals surface area contributed by atoms with E-state index in [4.69, 9.17) is 4.74 Å². The highest BCUT2D eigenvalue weighted by atomic mass is 32.2. The van der Waals surface area contributed by atoms with E-state index in [0.717, 1.165) is 41.5 Å². The summed E-state index contributed by atoms with van der Waals surface area (Å²) in [6.45, 7) is 3.02.